The monoisotopic (exact) mass is 392 g/mol. The molecule has 26 heavy (non-hydrogen) atoms. The zero-order valence-electron chi connectivity index (χ0n) is 15.3. The van der Waals surface area contributed by atoms with E-state index in [9.17, 15) is 22.8 Å². The van der Waals surface area contributed by atoms with Crippen LogP contribution >= 0.6 is 0 Å². The molecule has 0 N–H and O–H groups in total. The topological polar surface area (TPSA) is 61.8 Å². The molecule has 0 saturated carbocycles. The lowest BCUT2D eigenvalue weighted by molar-refractivity contribution is -0.260. The van der Waals surface area contributed by atoms with Gasteiger partial charge in [-0.15, -0.1) is 0 Å². The van der Waals surface area contributed by atoms with Crippen LogP contribution in [-0.2, 0) is 30.1 Å². The van der Waals surface area contributed by atoms with E-state index in [1.54, 1.807) is 30.3 Å². The third-order valence-electron chi connectivity index (χ3n) is 2.99. The summed E-state index contributed by atoms with van der Waals surface area (Å²) in [6.45, 7) is 6.62. The van der Waals surface area contributed by atoms with E-state index in [2.05, 4.69) is 0 Å². The van der Waals surface area contributed by atoms with E-state index in [1.807, 2.05) is 0 Å². The first-order valence-electron chi connectivity index (χ1n) is 7.99. The molecule has 0 heterocycles. The molecule has 5 nitrogen and oxygen atoms in total. The lowest BCUT2D eigenvalue weighted by Crippen LogP contribution is -2.65. The van der Waals surface area contributed by atoms with Gasteiger partial charge in [-0.2, -0.15) is 13.2 Å². The highest BCUT2D eigenvalue weighted by Gasteiger charge is 2.71. The summed E-state index contributed by atoms with van der Waals surface area (Å²) < 4.78 is 56.2. The largest absolute Gasteiger partial charge is 0.460 e. The number of halogens is 3. The highest BCUT2D eigenvalue weighted by molar-refractivity contribution is 6.70. The van der Waals surface area contributed by atoms with Crippen LogP contribution in [0.15, 0.2) is 30.3 Å². The number of hydrogen-bond donors (Lipinski definition) is 0. The molecule has 0 saturated heterocycles. The van der Waals surface area contributed by atoms with Crippen molar-refractivity contribution in [1.82, 2.24) is 0 Å². The van der Waals surface area contributed by atoms with E-state index in [4.69, 9.17) is 13.9 Å². The van der Waals surface area contributed by atoms with Crippen molar-refractivity contribution in [2.75, 3.05) is 0 Å². The van der Waals surface area contributed by atoms with Crippen LogP contribution in [0.25, 0.3) is 0 Å². The fraction of sp³-hybridized carbons (Fsp3) is 0.529. The van der Waals surface area contributed by atoms with Gasteiger partial charge in [0.2, 0.25) is 0 Å². The molecule has 0 aliphatic heterocycles. The Kier molecular flexibility index (Phi) is 7.00. The molecule has 0 amide bonds. The van der Waals surface area contributed by atoms with Gasteiger partial charge >= 0.3 is 23.7 Å². The molecular weight excluding hydrogens is 369 g/mol. The van der Waals surface area contributed by atoms with Crippen molar-refractivity contribution in [3.8, 4) is 0 Å². The summed E-state index contributed by atoms with van der Waals surface area (Å²) in [6.07, 6.45) is -6.20. The summed E-state index contributed by atoms with van der Waals surface area (Å²) in [5.74, 6) is -3.65. The third-order valence-corrected chi connectivity index (χ3v) is 3.91. The molecule has 0 aliphatic carbocycles. The van der Waals surface area contributed by atoms with Crippen molar-refractivity contribution in [3.05, 3.63) is 35.9 Å². The van der Waals surface area contributed by atoms with Gasteiger partial charge in [0.1, 0.15) is 6.61 Å². The van der Waals surface area contributed by atoms with Crippen LogP contribution < -0.4 is 0 Å². The predicted molar refractivity (Wildman–Crippen MR) is 90.7 cm³/mol. The van der Waals surface area contributed by atoms with Gasteiger partial charge in [-0.25, -0.2) is 9.59 Å². The highest BCUT2D eigenvalue weighted by Crippen LogP contribution is 2.39. The van der Waals surface area contributed by atoms with Crippen LogP contribution in [-0.4, -0.2) is 38.1 Å². The van der Waals surface area contributed by atoms with E-state index >= 15 is 0 Å². The summed E-state index contributed by atoms with van der Waals surface area (Å²) in [4.78, 5) is 24.7. The minimum absolute atomic E-state index is 0.429. The van der Waals surface area contributed by atoms with Gasteiger partial charge in [0, 0.05) is 0 Å². The molecule has 0 aromatic heterocycles. The normalized spacial score (nSPS) is 14.7. The van der Waals surface area contributed by atoms with E-state index in [1.165, 1.54) is 33.5 Å². The molecule has 9 heteroatoms. The molecule has 0 bridgehead atoms. The molecule has 0 fully saturated rings. The van der Waals surface area contributed by atoms with Crippen LogP contribution in [0.3, 0.4) is 0 Å². The Morgan fingerprint density at radius 1 is 1.04 bits per heavy atom. The van der Waals surface area contributed by atoms with E-state index < -0.39 is 44.7 Å². The highest BCUT2D eigenvalue weighted by atomic mass is 28.4. The number of benzene rings is 1. The second-order valence-electron chi connectivity index (χ2n) is 6.91. The fourth-order valence-electron chi connectivity index (χ4n) is 2.04. The zero-order chi connectivity index (χ0) is 20.2. The summed E-state index contributed by atoms with van der Waals surface area (Å²) in [5.41, 5.74) is -3.33. The Bertz CT molecular complexity index is 626. The van der Waals surface area contributed by atoms with Crippen molar-refractivity contribution in [2.45, 2.75) is 58.0 Å². The van der Waals surface area contributed by atoms with Crippen LogP contribution in [0.2, 0.25) is 19.6 Å². The van der Waals surface area contributed by atoms with Crippen molar-refractivity contribution in [3.63, 3.8) is 0 Å². The Labute approximate surface area is 151 Å². The molecule has 1 rings (SSSR count). The van der Waals surface area contributed by atoms with Gasteiger partial charge in [0.15, 0.2) is 8.32 Å². The lowest BCUT2D eigenvalue weighted by Gasteiger charge is -2.36. The second-order valence-corrected chi connectivity index (χ2v) is 11.3. The van der Waals surface area contributed by atoms with Gasteiger partial charge < -0.3 is 13.9 Å². The molecule has 0 radical (unpaired) electrons. The zero-order valence-corrected chi connectivity index (χ0v) is 16.3. The smallest absolute Gasteiger partial charge is 0.438 e. The standard InChI is InChI=1S/C17H23F3O5Si/c1-12(2)24-15(22)16(17(18,19)20,25-26(3,4)5)14(21)23-11-13-9-7-6-8-10-13/h6-10,12H,11H2,1-5H3. The number of rotatable bonds is 7. The maximum atomic E-state index is 13.9. The first-order chi connectivity index (χ1) is 11.8. The first-order valence-corrected chi connectivity index (χ1v) is 11.4. The van der Waals surface area contributed by atoms with Crippen molar-refractivity contribution in [1.29, 1.82) is 0 Å². The molecule has 1 unspecified atom stereocenters. The Morgan fingerprint density at radius 2 is 1.58 bits per heavy atom. The predicted octanol–water partition coefficient (Wildman–Crippen LogP) is 3.83. The summed E-state index contributed by atoms with van der Waals surface area (Å²) in [6, 6.07) is 8.15. The van der Waals surface area contributed by atoms with Gasteiger partial charge in [-0.05, 0) is 39.1 Å². The minimum atomic E-state index is -5.34. The lowest BCUT2D eigenvalue weighted by atomic mass is 10.0. The van der Waals surface area contributed by atoms with Crippen LogP contribution in [0, 0.1) is 0 Å². The second kappa shape index (κ2) is 8.21. The van der Waals surface area contributed by atoms with E-state index in [0.717, 1.165) is 0 Å². The molecule has 0 spiro atoms. The van der Waals surface area contributed by atoms with Crippen molar-refractivity contribution in [2.24, 2.45) is 0 Å². The number of carbonyl (C=O) groups excluding carboxylic acids is 2. The van der Waals surface area contributed by atoms with Crippen molar-refractivity contribution >= 4 is 20.3 Å². The molecular formula is C17H23F3O5Si. The third kappa shape index (κ3) is 5.57. The molecule has 1 aromatic rings. The first kappa shape index (κ1) is 22.2. The minimum Gasteiger partial charge on any atom is -0.460 e. The van der Waals surface area contributed by atoms with Gasteiger partial charge in [0.25, 0.3) is 0 Å². The maximum Gasteiger partial charge on any atom is 0.438 e. The Morgan fingerprint density at radius 3 is 2.00 bits per heavy atom. The van der Waals surface area contributed by atoms with Gasteiger partial charge in [-0.1, -0.05) is 30.3 Å². The van der Waals surface area contributed by atoms with Gasteiger partial charge in [-0.3, -0.25) is 0 Å². The Balaban J connectivity index is 3.26. The Hall–Kier alpha value is -1.87. The maximum absolute atomic E-state index is 13.9. The fourth-order valence-corrected chi connectivity index (χ4v) is 3.24. The summed E-state index contributed by atoms with van der Waals surface area (Å²) in [5, 5.41) is 0. The molecule has 146 valence electrons. The summed E-state index contributed by atoms with van der Waals surface area (Å²) >= 11 is 0. The van der Waals surface area contributed by atoms with Crippen LogP contribution in [0.1, 0.15) is 19.4 Å². The summed E-state index contributed by atoms with van der Waals surface area (Å²) in [7, 11) is -3.01. The molecule has 0 aliphatic rings. The van der Waals surface area contributed by atoms with E-state index in [-0.39, 0.29) is 0 Å². The number of esters is 2. The van der Waals surface area contributed by atoms with Crippen LogP contribution in [0.5, 0.6) is 0 Å². The number of hydrogen-bond acceptors (Lipinski definition) is 5. The SMILES string of the molecule is CC(C)OC(=O)C(O[Si](C)(C)C)(C(=O)OCc1ccccc1)C(F)(F)F. The number of carbonyl (C=O) groups is 2. The van der Waals surface area contributed by atoms with Crippen LogP contribution in [0.4, 0.5) is 13.2 Å². The number of ether oxygens (including phenoxy) is 2. The van der Waals surface area contributed by atoms with Gasteiger partial charge in [0.05, 0.1) is 6.10 Å². The number of alkyl halides is 3. The quantitative estimate of drug-likeness (QED) is 0.401. The van der Waals surface area contributed by atoms with Crippen molar-refractivity contribution < 1.29 is 36.7 Å². The average Bonchev–Trinajstić information content (AvgIpc) is 2.48. The average molecular weight is 392 g/mol. The van der Waals surface area contributed by atoms with E-state index in [0.29, 0.717) is 5.56 Å². The molecule has 1 aromatic carbocycles. The molecule has 1 atom stereocenters.